The molecule has 0 aromatic heterocycles. The summed E-state index contributed by atoms with van der Waals surface area (Å²) < 4.78 is 12.2. The highest BCUT2D eigenvalue weighted by atomic mass is 16.6. The molecule has 0 radical (unpaired) electrons. The average Bonchev–Trinajstić information content (AvgIpc) is 3.23. The molecule has 4 fully saturated rings. The number of carbonyl (C=O) groups excluding carboxylic acids is 1. The lowest BCUT2D eigenvalue weighted by Crippen LogP contribution is -2.51. The smallest absolute Gasteiger partial charge is 0.303 e. The van der Waals surface area contributed by atoms with Gasteiger partial charge in [-0.1, -0.05) is 59.8 Å². The topological polar surface area (TPSA) is 55.8 Å². The average molecular weight is 519 g/mol. The molecule has 1 heterocycles. The Morgan fingerprint density at radius 3 is 2.49 bits per heavy atom. The second-order valence-corrected chi connectivity index (χ2v) is 15.0. The summed E-state index contributed by atoms with van der Waals surface area (Å²) in [6.45, 7) is 14.9. The van der Waals surface area contributed by atoms with E-state index in [-0.39, 0.29) is 18.2 Å². The Labute approximate surface area is 228 Å². The van der Waals surface area contributed by atoms with Crippen molar-refractivity contribution in [1.29, 1.82) is 0 Å². The summed E-state index contributed by atoms with van der Waals surface area (Å²) in [5, 5.41) is 10.7. The molecule has 9 unspecified atom stereocenters. The van der Waals surface area contributed by atoms with Crippen LogP contribution >= 0.6 is 0 Å². The molecule has 0 aromatic rings. The third kappa shape index (κ3) is 6.59. The molecule has 214 valence electrons. The first kappa shape index (κ1) is 29.4. The highest BCUT2D eigenvalue weighted by molar-refractivity contribution is 5.66. The summed E-state index contributed by atoms with van der Waals surface area (Å²) in [5.74, 6) is 3.65. The highest BCUT2D eigenvalue weighted by Crippen LogP contribution is 2.69. The van der Waals surface area contributed by atoms with Crippen molar-refractivity contribution < 1.29 is 19.4 Å². The summed E-state index contributed by atoms with van der Waals surface area (Å²) in [5.41, 5.74) is 0.0326. The van der Waals surface area contributed by atoms with Gasteiger partial charge in [-0.05, 0) is 112 Å². The van der Waals surface area contributed by atoms with Crippen LogP contribution in [-0.2, 0) is 14.3 Å². The Balaban J connectivity index is 1.41. The molecular formula is C33H58O4. The summed E-state index contributed by atoms with van der Waals surface area (Å²) >= 11 is 0. The molecule has 1 aliphatic heterocycles. The van der Waals surface area contributed by atoms with Crippen LogP contribution in [0.1, 0.15) is 138 Å². The van der Waals surface area contributed by atoms with Crippen molar-refractivity contribution >= 4 is 5.97 Å². The van der Waals surface area contributed by atoms with Gasteiger partial charge in [-0.2, -0.15) is 0 Å². The molecule has 3 saturated carbocycles. The van der Waals surface area contributed by atoms with Crippen molar-refractivity contribution in [1.82, 2.24) is 0 Å². The van der Waals surface area contributed by atoms with Crippen LogP contribution in [0.4, 0.5) is 0 Å². The molecule has 4 heteroatoms. The third-order valence-corrected chi connectivity index (χ3v) is 11.4. The van der Waals surface area contributed by atoms with Crippen molar-refractivity contribution in [3.63, 3.8) is 0 Å². The number of hydrogen-bond donors (Lipinski definition) is 1. The van der Waals surface area contributed by atoms with E-state index in [1.54, 1.807) is 13.8 Å². The first-order chi connectivity index (χ1) is 17.4. The normalized spacial score (nSPS) is 38.7. The van der Waals surface area contributed by atoms with Gasteiger partial charge in [0.25, 0.3) is 0 Å². The zero-order chi connectivity index (χ0) is 27.0. The molecule has 3 aliphatic carbocycles. The van der Waals surface area contributed by atoms with Gasteiger partial charge in [-0.3, -0.25) is 4.79 Å². The second kappa shape index (κ2) is 11.5. The molecule has 4 aliphatic rings. The number of hydrogen-bond acceptors (Lipinski definition) is 4. The van der Waals surface area contributed by atoms with E-state index in [4.69, 9.17) is 9.47 Å². The molecule has 1 saturated heterocycles. The van der Waals surface area contributed by atoms with Crippen molar-refractivity contribution in [2.75, 3.05) is 0 Å². The van der Waals surface area contributed by atoms with E-state index in [2.05, 4.69) is 27.7 Å². The van der Waals surface area contributed by atoms with E-state index in [0.29, 0.717) is 16.7 Å². The number of aliphatic hydroxyl groups is 1. The van der Waals surface area contributed by atoms with Crippen LogP contribution in [0.5, 0.6) is 0 Å². The Morgan fingerprint density at radius 1 is 1.14 bits per heavy atom. The van der Waals surface area contributed by atoms with Gasteiger partial charge < -0.3 is 14.6 Å². The Morgan fingerprint density at radius 2 is 1.86 bits per heavy atom. The number of esters is 1. The fraction of sp³-hybridized carbons (Fsp3) is 0.970. The molecule has 1 N–H and O–H groups in total. The molecule has 4 nitrogen and oxygen atoms in total. The lowest BCUT2D eigenvalue weighted by Gasteiger charge is -2.46. The van der Waals surface area contributed by atoms with Crippen molar-refractivity contribution in [3.05, 3.63) is 0 Å². The maximum absolute atomic E-state index is 11.8. The number of rotatable bonds is 11. The van der Waals surface area contributed by atoms with Gasteiger partial charge in [0.2, 0.25) is 0 Å². The lowest BCUT2D eigenvalue weighted by molar-refractivity contribution is -0.196. The molecule has 0 bridgehead atoms. The Hall–Kier alpha value is -0.610. The van der Waals surface area contributed by atoms with Crippen LogP contribution in [0.3, 0.4) is 0 Å². The quantitative estimate of drug-likeness (QED) is 0.222. The molecule has 0 amide bonds. The van der Waals surface area contributed by atoms with E-state index >= 15 is 0 Å². The van der Waals surface area contributed by atoms with E-state index in [1.807, 2.05) is 0 Å². The SMILES string of the molecule is CCCCCC(CCC1C(C)(C)CCCC12CC2C)C1CC2CCC(C(OC(C)=O)C(C)(C)O)OC2C1. The fourth-order valence-electron chi connectivity index (χ4n) is 9.41. The summed E-state index contributed by atoms with van der Waals surface area (Å²) in [7, 11) is 0. The minimum absolute atomic E-state index is 0.207. The number of unbranched alkanes of at least 4 members (excludes halogenated alkanes) is 2. The fourth-order valence-corrected chi connectivity index (χ4v) is 9.41. The van der Waals surface area contributed by atoms with Gasteiger partial charge >= 0.3 is 5.97 Å². The monoisotopic (exact) mass is 518 g/mol. The molecule has 9 atom stereocenters. The Bertz CT molecular complexity index is 769. The minimum atomic E-state index is -1.10. The molecule has 1 spiro atoms. The predicted octanol–water partition coefficient (Wildman–Crippen LogP) is 8.09. The zero-order valence-electron chi connectivity index (χ0n) is 25.2. The first-order valence-corrected chi connectivity index (χ1v) is 15.9. The van der Waals surface area contributed by atoms with Crippen LogP contribution in [0.15, 0.2) is 0 Å². The van der Waals surface area contributed by atoms with Gasteiger partial charge in [0.05, 0.1) is 17.8 Å². The van der Waals surface area contributed by atoms with E-state index in [0.717, 1.165) is 42.9 Å². The van der Waals surface area contributed by atoms with Crippen LogP contribution in [0.2, 0.25) is 0 Å². The molecule has 37 heavy (non-hydrogen) atoms. The summed E-state index contributed by atoms with van der Waals surface area (Å²) in [6.07, 6.45) is 17.8. The second-order valence-electron chi connectivity index (χ2n) is 15.0. The number of carbonyl (C=O) groups is 1. The van der Waals surface area contributed by atoms with Crippen molar-refractivity contribution in [2.45, 2.75) is 162 Å². The van der Waals surface area contributed by atoms with Crippen LogP contribution in [0.25, 0.3) is 0 Å². The van der Waals surface area contributed by atoms with Gasteiger partial charge in [0.1, 0.15) is 0 Å². The van der Waals surface area contributed by atoms with Gasteiger partial charge in [0.15, 0.2) is 6.10 Å². The van der Waals surface area contributed by atoms with Gasteiger partial charge in [0, 0.05) is 6.92 Å². The minimum Gasteiger partial charge on any atom is -0.457 e. The molecule has 0 aromatic carbocycles. The lowest BCUT2D eigenvalue weighted by atomic mass is 9.59. The highest BCUT2D eigenvalue weighted by Gasteiger charge is 2.60. The maximum Gasteiger partial charge on any atom is 0.303 e. The predicted molar refractivity (Wildman–Crippen MR) is 150 cm³/mol. The summed E-state index contributed by atoms with van der Waals surface area (Å²) in [6, 6.07) is 0. The van der Waals surface area contributed by atoms with Gasteiger partial charge in [-0.15, -0.1) is 0 Å². The first-order valence-electron chi connectivity index (χ1n) is 15.9. The standard InChI is InChI=1S/C33H58O4/c1-8-9-10-12-24(14-16-29-31(4,5)17-11-18-33(29)21-22(33)2)26-19-25-13-15-27(37-28(25)20-26)30(32(6,7)35)36-23(3)34/h22,24-30,35H,8-21H2,1-7H3. The third-order valence-electron chi connectivity index (χ3n) is 11.4. The van der Waals surface area contributed by atoms with Crippen LogP contribution < -0.4 is 0 Å². The van der Waals surface area contributed by atoms with Crippen LogP contribution in [0, 0.1) is 40.4 Å². The van der Waals surface area contributed by atoms with E-state index in [9.17, 15) is 9.90 Å². The summed E-state index contributed by atoms with van der Waals surface area (Å²) in [4.78, 5) is 11.8. The number of fused-ring (bicyclic) bond motifs is 1. The largest absolute Gasteiger partial charge is 0.457 e. The number of ether oxygens (including phenoxy) is 2. The molecular weight excluding hydrogens is 460 g/mol. The van der Waals surface area contributed by atoms with Gasteiger partial charge in [-0.25, -0.2) is 0 Å². The van der Waals surface area contributed by atoms with E-state index < -0.39 is 11.7 Å². The van der Waals surface area contributed by atoms with Crippen molar-refractivity contribution in [2.24, 2.45) is 40.4 Å². The van der Waals surface area contributed by atoms with Crippen LogP contribution in [-0.4, -0.2) is 35.0 Å². The Kier molecular flexibility index (Phi) is 9.11. The van der Waals surface area contributed by atoms with E-state index in [1.165, 1.54) is 77.6 Å². The van der Waals surface area contributed by atoms with Crippen molar-refractivity contribution in [3.8, 4) is 0 Å². The zero-order valence-corrected chi connectivity index (χ0v) is 25.2. The maximum atomic E-state index is 11.8. The molecule has 4 rings (SSSR count).